The molecule has 4 aromatic carbocycles. The van der Waals surface area contributed by atoms with Crippen LogP contribution >= 0.6 is 23.1 Å². The van der Waals surface area contributed by atoms with Crippen LogP contribution in [0, 0.1) is 0 Å². The molecule has 4 amide bonds. The number of oxime groups is 1. The molecule has 7 rings (SSSR count). The Bertz CT molecular complexity index is 2880. The van der Waals surface area contributed by atoms with E-state index in [-0.39, 0.29) is 46.7 Å². The maximum absolute atomic E-state index is 14.8. The van der Waals surface area contributed by atoms with Gasteiger partial charge < -0.3 is 34.4 Å². The SMILES string of the molecule is COc1ccc(COC(=O)C2=C(CS(=O)(=O)CCNC(=O)OC(C)(C)C)CS[C@@H]3C(NC(=O)/C(=N\OC(c4ccccc4)(c4ccccc4)c4ccccc4)c4csc(NC(=O)OC(C)(C)C)n4)C(=O)N23)cc1. The quantitative estimate of drug-likeness (QED) is 0.0192. The van der Waals surface area contributed by atoms with Crippen molar-refractivity contribution in [1.29, 1.82) is 0 Å². The van der Waals surface area contributed by atoms with Gasteiger partial charge in [0.2, 0.25) is 5.60 Å². The molecule has 384 valence electrons. The number of nitrogens with zero attached hydrogens (tertiary/aromatic N) is 3. The first-order valence-electron chi connectivity index (χ1n) is 23.0. The van der Waals surface area contributed by atoms with Crippen LogP contribution in [0.4, 0.5) is 14.7 Å². The van der Waals surface area contributed by atoms with Crippen molar-refractivity contribution in [2.24, 2.45) is 5.16 Å². The molecule has 1 unspecified atom stereocenters. The number of thioether (sulfide) groups is 1. The largest absolute Gasteiger partial charge is 0.497 e. The number of methoxy groups -OCH3 is 1. The molecule has 73 heavy (non-hydrogen) atoms. The van der Waals surface area contributed by atoms with Crippen molar-refractivity contribution in [3.8, 4) is 5.75 Å². The molecule has 0 spiro atoms. The average Bonchev–Trinajstić information content (AvgIpc) is 3.80. The predicted octanol–water partition coefficient (Wildman–Crippen LogP) is 7.55. The Balaban J connectivity index is 1.21. The van der Waals surface area contributed by atoms with Gasteiger partial charge >= 0.3 is 18.2 Å². The topological polar surface area (TPSA) is 230 Å². The molecule has 5 aromatic rings. The number of amides is 4. The highest BCUT2D eigenvalue weighted by atomic mass is 32.2. The van der Waals surface area contributed by atoms with Gasteiger partial charge in [-0.2, -0.15) is 0 Å². The number of anilines is 1. The summed E-state index contributed by atoms with van der Waals surface area (Å²) in [5.74, 6) is -3.20. The van der Waals surface area contributed by atoms with Crippen molar-refractivity contribution in [3.63, 3.8) is 0 Å². The van der Waals surface area contributed by atoms with Gasteiger partial charge in [-0.1, -0.05) is 108 Å². The molecule has 1 saturated heterocycles. The van der Waals surface area contributed by atoms with Crippen molar-refractivity contribution < 1.29 is 56.2 Å². The summed E-state index contributed by atoms with van der Waals surface area (Å²) in [5, 5.41) is 13.0. The van der Waals surface area contributed by atoms with Crippen LogP contribution in [0.2, 0.25) is 0 Å². The lowest BCUT2D eigenvalue weighted by molar-refractivity contribution is -0.153. The van der Waals surface area contributed by atoms with Crippen molar-refractivity contribution in [2.45, 2.75) is 76.4 Å². The molecule has 18 nitrogen and oxygen atoms in total. The highest BCUT2D eigenvalue weighted by Gasteiger charge is 2.55. The molecule has 21 heteroatoms. The lowest BCUT2D eigenvalue weighted by Crippen LogP contribution is -2.71. The third-order valence-electron chi connectivity index (χ3n) is 10.9. The van der Waals surface area contributed by atoms with Crippen molar-refractivity contribution in [3.05, 3.63) is 160 Å². The number of ether oxygens (including phenoxy) is 4. The van der Waals surface area contributed by atoms with Crippen LogP contribution in [-0.2, 0) is 55.5 Å². The maximum atomic E-state index is 14.8. The molecule has 2 aliphatic heterocycles. The van der Waals surface area contributed by atoms with Crippen LogP contribution in [-0.4, -0.2) is 108 Å². The molecule has 3 N–H and O–H groups in total. The zero-order valence-electron chi connectivity index (χ0n) is 41.2. The Morgan fingerprint density at radius 2 is 1.36 bits per heavy atom. The van der Waals surface area contributed by atoms with Crippen LogP contribution < -0.4 is 20.7 Å². The Kier molecular flexibility index (Phi) is 16.6. The Labute approximate surface area is 431 Å². The van der Waals surface area contributed by atoms with Gasteiger partial charge in [0, 0.05) is 34.4 Å². The van der Waals surface area contributed by atoms with E-state index in [1.807, 2.05) is 91.0 Å². The lowest BCUT2D eigenvalue weighted by Gasteiger charge is -2.49. The van der Waals surface area contributed by atoms with Gasteiger partial charge in [0.1, 0.15) is 46.4 Å². The Morgan fingerprint density at radius 1 is 0.795 bits per heavy atom. The number of sulfone groups is 1. The van der Waals surface area contributed by atoms with Crippen LogP contribution in [0.15, 0.2) is 137 Å². The summed E-state index contributed by atoms with van der Waals surface area (Å²) >= 11 is 2.13. The summed E-state index contributed by atoms with van der Waals surface area (Å²) in [5.41, 5.74) is -1.04. The number of fused-ring (bicyclic) bond motifs is 1. The van der Waals surface area contributed by atoms with E-state index in [2.05, 4.69) is 26.1 Å². The second-order valence-electron chi connectivity index (χ2n) is 18.7. The minimum absolute atomic E-state index is 0.0204. The molecule has 0 saturated carbocycles. The van der Waals surface area contributed by atoms with E-state index in [1.165, 1.54) is 12.5 Å². The van der Waals surface area contributed by atoms with Crippen LogP contribution in [0.1, 0.15) is 69.5 Å². The number of carbonyl (C=O) groups excluding carboxylic acids is 5. The molecule has 0 bridgehead atoms. The number of hydrogen-bond acceptors (Lipinski definition) is 16. The van der Waals surface area contributed by atoms with Crippen molar-refractivity contribution in [1.82, 2.24) is 20.5 Å². The fourth-order valence-corrected chi connectivity index (χ4v) is 11.2. The molecular formula is C52H56N6O12S3. The first-order chi connectivity index (χ1) is 34.7. The number of thiazole rings is 1. The van der Waals surface area contributed by atoms with Gasteiger partial charge in [-0.05, 0) is 64.8 Å². The first kappa shape index (κ1) is 53.6. The van der Waals surface area contributed by atoms with E-state index >= 15 is 0 Å². The summed E-state index contributed by atoms with van der Waals surface area (Å²) in [6, 6.07) is 33.4. The van der Waals surface area contributed by atoms with Gasteiger partial charge in [-0.15, -0.1) is 23.1 Å². The molecular weight excluding hydrogens is 997 g/mol. The normalized spacial score (nSPS) is 16.1. The number of nitrogens with one attached hydrogen (secondary N) is 3. The van der Waals surface area contributed by atoms with Crippen LogP contribution in [0.5, 0.6) is 5.75 Å². The Morgan fingerprint density at radius 3 is 1.90 bits per heavy atom. The van der Waals surface area contributed by atoms with E-state index in [4.69, 9.17) is 23.8 Å². The summed E-state index contributed by atoms with van der Waals surface area (Å²) in [6.45, 7) is 9.65. The predicted molar refractivity (Wildman–Crippen MR) is 277 cm³/mol. The smallest absolute Gasteiger partial charge is 0.413 e. The minimum Gasteiger partial charge on any atom is -0.497 e. The number of rotatable bonds is 18. The second-order valence-corrected chi connectivity index (χ2v) is 22.9. The zero-order valence-corrected chi connectivity index (χ0v) is 43.7. The minimum atomic E-state index is -4.00. The highest BCUT2D eigenvalue weighted by Crippen LogP contribution is 2.43. The summed E-state index contributed by atoms with van der Waals surface area (Å²) in [7, 11) is -2.49. The molecule has 2 aliphatic rings. The van der Waals surface area contributed by atoms with Crippen LogP contribution in [0.25, 0.3) is 0 Å². The zero-order chi connectivity index (χ0) is 52.6. The monoisotopic (exact) mass is 1050 g/mol. The fourth-order valence-electron chi connectivity index (χ4n) is 7.72. The standard InChI is InChI=1S/C52H56N6O12S3/c1-50(2,3)68-48(62)53-27-28-73(64,65)32-34-30-71-45-41(44(60)58(45)42(34)46(61)67-29-33-23-25-38(66-7)26-24-33)55-43(59)40(39-31-72-47(54-39)56-49(63)69-51(4,5)6)57-70-52(35-17-11-8-12-18-35,36-19-13-9-14-20-36)37-21-15-10-16-22-37/h8-26,31,41,45H,27-30,32H2,1-7H3,(H,53,62)(H,55,59)(H,54,56,63)/b57-40-/t41?,45-/m1/s1. The van der Waals surface area contributed by atoms with Gasteiger partial charge in [0.25, 0.3) is 11.8 Å². The average molecular weight is 1050 g/mol. The van der Waals surface area contributed by atoms with Gasteiger partial charge in [0.05, 0.1) is 18.6 Å². The van der Waals surface area contributed by atoms with Crippen LogP contribution in [0.3, 0.4) is 0 Å². The molecule has 3 heterocycles. The molecule has 0 radical (unpaired) electrons. The summed E-state index contributed by atoms with van der Waals surface area (Å²) in [4.78, 5) is 80.8. The number of benzene rings is 4. The molecule has 1 aromatic heterocycles. The third-order valence-corrected chi connectivity index (χ3v) is 14.6. The van der Waals surface area contributed by atoms with E-state index in [1.54, 1.807) is 65.8 Å². The number of alkyl carbamates (subject to hydrolysis) is 1. The number of hydrogen-bond donors (Lipinski definition) is 3. The van der Waals surface area contributed by atoms with E-state index in [0.717, 1.165) is 28.0 Å². The fraction of sp³-hybridized carbons (Fsp3) is 0.327. The second kappa shape index (κ2) is 22.7. The number of aromatic nitrogens is 1. The molecule has 1 fully saturated rings. The number of esters is 1. The first-order valence-corrected chi connectivity index (χ1v) is 26.7. The van der Waals surface area contributed by atoms with E-state index in [9.17, 15) is 32.4 Å². The summed E-state index contributed by atoms with van der Waals surface area (Å²) in [6.07, 6.45) is -1.58. The van der Waals surface area contributed by atoms with Crippen molar-refractivity contribution in [2.75, 3.05) is 36.2 Å². The van der Waals surface area contributed by atoms with E-state index < -0.39 is 79.5 Å². The highest BCUT2D eigenvalue weighted by molar-refractivity contribution is 8.00. The lowest BCUT2D eigenvalue weighted by atomic mass is 9.80. The molecule has 0 aliphatic carbocycles. The molecule has 2 atom stereocenters. The Hall–Kier alpha value is -7.23. The van der Waals surface area contributed by atoms with E-state index in [0.29, 0.717) is 28.0 Å². The third kappa shape index (κ3) is 13.4. The number of carbonyl (C=O) groups is 5. The summed E-state index contributed by atoms with van der Waals surface area (Å²) < 4.78 is 48.8. The van der Waals surface area contributed by atoms with Gasteiger partial charge in [-0.25, -0.2) is 27.8 Å². The van der Waals surface area contributed by atoms with Gasteiger partial charge in [0.15, 0.2) is 20.7 Å². The van der Waals surface area contributed by atoms with Gasteiger partial charge in [-0.3, -0.25) is 19.8 Å². The van der Waals surface area contributed by atoms with Crippen molar-refractivity contribution >= 4 is 73.7 Å². The maximum Gasteiger partial charge on any atom is 0.413 e. The number of β-lactam (4-membered cyclic amide) rings is 1.